The zero-order valence-corrected chi connectivity index (χ0v) is 32.1. The summed E-state index contributed by atoms with van der Waals surface area (Å²) < 4.78 is 47.3. The van der Waals surface area contributed by atoms with Gasteiger partial charge in [-0.25, -0.2) is 8.78 Å². The normalized spacial score (nSPS) is 18.9. The van der Waals surface area contributed by atoms with E-state index in [0.717, 1.165) is 66.7 Å². The number of alkyl halides is 2. The van der Waals surface area contributed by atoms with Gasteiger partial charge in [0.1, 0.15) is 47.9 Å². The Morgan fingerprint density at radius 3 is 2.48 bits per heavy atom. The highest BCUT2D eigenvalue weighted by Crippen LogP contribution is 2.45. The minimum absolute atomic E-state index is 0.206. The van der Waals surface area contributed by atoms with Gasteiger partial charge >= 0.3 is 0 Å². The van der Waals surface area contributed by atoms with Gasteiger partial charge in [-0.3, -0.25) is 9.88 Å². The molecule has 2 fully saturated rings. The molecule has 54 heavy (non-hydrogen) atoms. The standard InChI is InChI=1S/C43H46Cl2F2N4O3/c1-43(47)13-18-51(19-14-43)27-31-22-37(44)41(23-40(31)53-28-30-21-29(24-48)25-49-26-30)54-38-10-9-34-33(5-2-6-35(34)38)36-7-3-8-39(42(36)45)52-20-4-15-50-16-11-32(46)12-17-50/h2-3,5-8,21-23,25-26,32,38H,4,9-20,27-28H2,1H3/t38-/m0/s1. The van der Waals surface area contributed by atoms with E-state index in [1.54, 1.807) is 19.2 Å². The van der Waals surface area contributed by atoms with Crippen LogP contribution < -0.4 is 14.2 Å². The van der Waals surface area contributed by atoms with Gasteiger partial charge in [-0.1, -0.05) is 53.5 Å². The van der Waals surface area contributed by atoms with Crippen LogP contribution in [0, 0.1) is 11.3 Å². The largest absolute Gasteiger partial charge is 0.492 e. The Labute approximate surface area is 326 Å². The van der Waals surface area contributed by atoms with Crippen LogP contribution in [0.2, 0.25) is 10.0 Å². The maximum absolute atomic E-state index is 14.6. The Morgan fingerprint density at radius 2 is 1.69 bits per heavy atom. The average molecular weight is 776 g/mol. The molecule has 0 saturated carbocycles. The second-order valence-electron chi connectivity index (χ2n) is 14.9. The van der Waals surface area contributed by atoms with Crippen molar-refractivity contribution in [3.8, 4) is 34.4 Å². The van der Waals surface area contributed by atoms with Crippen LogP contribution in [-0.2, 0) is 19.6 Å². The Hall–Kier alpha value is -3.94. The SMILES string of the molecule is CC1(F)CCN(Cc2cc(Cl)c(O[C@H]3CCc4c(-c5cccc(OCCCN6CCC(F)CC6)c5Cl)cccc43)cc2OCc2cncc(C#N)c2)CC1. The van der Waals surface area contributed by atoms with E-state index in [1.807, 2.05) is 36.4 Å². The van der Waals surface area contributed by atoms with Crippen molar-refractivity contribution in [1.82, 2.24) is 14.8 Å². The van der Waals surface area contributed by atoms with E-state index in [9.17, 15) is 14.0 Å². The number of hydrogen-bond acceptors (Lipinski definition) is 7. The van der Waals surface area contributed by atoms with Gasteiger partial charge in [0.05, 0.1) is 22.2 Å². The fourth-order valence-corrected chi connectivity index (χ4v) is 8.21. The van der Waals surface area contributed by atoms with Crippen molar-refractivity contribution in [2.24, 2.45) is 0 Å². The van der Waals surface area contributed by atoms with Gasteiger partial charge in [0, 0.05) is 74.4 Å². The molecule has 0 N–H and O–H groups in total. The first-order valence-electron chi connectivity index (χ1n) is 18.9. The summed E-state index contributed by atoms with van der Waals surface area (Å²) in [5.74, 6) is 1.78. The van der Waals surface area contributed by atoms with E-state index in [-0.39, 0.29) is 12.7 Å². The van der Waals surface area contributed by atoms with Gasteiger partial charge in [0.25, 0.3) is 0 Å². The molecule has 4 aromatic rings. The number of aromatic nitrogens is 1. The van der Waals surface area contributed by atoms with Crippen LogP contribution in [0.15, 0.2) is 67.0 Å². The number of likely N-dealkylation sites (tertiary alicyclic amines) is 2. The number of pyridine rings is 1. The maximum atomic E-state index is 14.6. The summed E-state index contributed by atoms with van der Waals surface area (Å²) in [4.78, 5) is 8.69. The van der Waals surface area contributed by atoms with Gasteiger partial charge in [-0.15, -0.1) is 0 Å². The molecule has 2 aliphatic heterocycles. The first-order chi connectivity index (χ1) is 26.2. The van der Waals surface area contributed by atoms with E-state index in [0.29, 0.717) is 84.8 Å². The first kappa shape index (κ1) is 38.3. The molecule has 284 valence electrons. The van der Waals surface area contributed by atoms with Gasteiger partial charge in [-0.2, -0.15) is 5.26 Å². The Balaban J connectivity index is 1.07. The zero-order valence-electron chi connectivity index (χ0n) is 30.6. The second kappa shape index (κ2) is 17.2. The van der Waals surface area contributed by atoms with Gasteiger partial charge < -0.3 is 19.1 Å². The second-order valence-corrected chi connectivity index (χ2v) is 15.7. The summed E-state index contributed by atoms with van der Waals surface area (Å²) in [6, 6.07) is 19.8. The Morgan fingerprint density at radius 1 is 0.907 bits per heavy atom. The first-order valence-corrected chi connectivity index (χ1v) is 19.7. The maximum Gasteiger partial charge on any atom is 0.142 e. The summed E-state index contributed by atoms with van der Waals surface area (Å²) in [5.41, 5.74) is 5.17. The van der Waals surface area contributed by atoms with Crippen molar-refractivity contribution < 1.29 is 23.0 Å². The number of nitriles is 1. The quantitative estimate of drug-likeness (QED) is 0.125. The molecule has 7 rings (SSSR count). The molecule has 11 heteroatoms. The topological polar surface area (TPSA) is 70.8 Å². The third-order valence-electron chi connectivity index (χ3n) is 10.9. The minimum Gasteiger partial charge on any atom is -0.492 e. The molecule has 3 aromatic carbocycles. The number of ether oxygens (including phenoxy) is 3. The van der Waals surface area contributed by atoms with Gasteiger partial charge in [0.15, 0.2) is 0 Å². The van der Waals surface area contributed by atoms with Crippen LogP contribution in [0.25, 0.3) is 11.1 Å². The average Bonchev–Trinajstić information content (AvgIpc) is 3.59. The molecule has 1 aromatic heterocycles. The molecule has 3 aliphatic rings. The van der Waals surface area contributed by atoms with Crippen molar-refractivity contribution in [2.75, 3.05) is 39.3 Å². The molecular weight excluding hydrogens is 729 g/mol. The molecule has 0 spiro atoms. The molecule has 1 atom stereocenters. The lowest BCUT2D eigenvalue weighted by atomic mass is 9.95. The van der Waals surface area contributed by atoms with Crippen LogP contribution in [0.5, 0.6) is 17.2 Å². The zero-order chi connectivity index (χ0) is 37.7. The van der Waals surface area contributed by atoms with E-state index < -0.39 is 11.8 Å². The number of hydrogen-bond donors (Lipinski definition) is 0. The summed E-state index contributed by atoms with van der Waals surface area (Å²) in [6.07, 6.45) is 6.86. The highest BCUT2D eigenvalue weighted by molar-refractivity contribution is 6.35. The van der Waals surface area contributed by atoms with E-state index in [2.05, 4.69) is 33.0 Å². The van der Waals surface area contributed by atoms with Crippen LogP contribution in [0.4, 0.5) is 8.78 Å². The van der Waals surface area contributed by atoms with Crippen molar-refractivity contribution in [3.05, 3.63) is 105 Å². The lowest BCUT2D eigenvalue weighted by Gasteiger charge is -2.34. The lowest BCUT2D eigenvalue weighted by Crippen LogP contribution is -2.39. The molecule has 2 saturated heterocycles. The molecule has 0 unspecified atom stereocenters. The van der Waals surface area contributed by atoms with E-state index in [4.69, 9.17) is 37.4 Å². The van der Waals surface area contributed by atoms with Crippen LogP contribution in [-0.4, -0.2) is 66.0 Å². The highest BCUT2D eigenvalue weighted by Gasteiger charge is 2.31. The smallest absolute Gasteiger partial charge is 0.142 e. The third-order valence-corrected chi connectivity index (χ3v) is 11.5. The predicted molar refractivity (Wildman–Crippen MR) is 208 cm³/mol. The van der Waals surface area contributed by atoms with Crippen LogP contribution in [0.3, 0.4) is 0 Å². The van der Waals surface area contributed by atoms with Crippen molar-refractivity contribution in [2.45, 2.75) is 83.0 Å². The number of nitrogens with zero attached hydrogens (tertiary/aromatic N) is 4. The Kier molecular flexibility index (Phi) is 12.2. The fraction of sp³-hybridized carbons (Fsp3) is 0.442. The number of rotatable bonds is 13. The Bertz CT molecular complexity index is 1970. The van der Waals surface area contributed by atoms with Crippen molar-refractivity contribution >= 4 is 23.2 Å². The van der Waals surface area contributed by atoms with Gasteiger partial charge in [-0.05, 0) is 86.8 Å². The molecule has 3 heterocycles. The number of halogens is 4. The summed E-state index contributed by atoms with van der Waals surface area (Å²) in [6.45, 7) is 6.71. The monoisotopic (exact) mass is 774 g/mol. The molecule has 1 aliphatic carbocycles. The number of fused-ring (bicyclic) bond motifs is 1. The van der Waals surface area contributed by atoms with Crippen molar-refractivity contribution in [3.63, 3.8) is 0 Å². The number of piperidine rings is 2. The summed E-state index contributed by atoms with van der Waals surface area (Å²) in [7, 11) is 0. The number of benzene rings is 3. The molecule has 0 amide bonds. The van der Waals surface area contributed by atoms with Crippen LogP contribution in [0.1, 0.15) is 79.4 Å². The molecule has 7 nitrogen and oxygen atoms in total. The predicted octanol–water partition coefficient (Wildman–Crippen LogP) is 10.1. The molecular formula is C43H46Cl2F2N4O3. The summed E-state index contributed by atoms with van der Waals surface area (Å²) in [5, 5.41) is 10.4. The fourth-order valence-electron chi connectivity index (χ4n) is 7.70. The molecule has 0 radical (unpaired) electrons. The van der Waals surface area contributed by atoms with E-state index in [1.165, 1.54) is 11.8 Å². The minimum atomic E-state index is -1.15. The molecule has 0 bridgehead atoms. The van der Waals surface area contributed by atoms with Crippen LogP contribution >= 0.6 is 23.2 Å². The van der Waals surface area contributed by atoms with Crippen molar-refractivity contribution in [1.29, 1.82) is 5.26 Å². The van der Waals surface area contributed by atoms with E-state index >= 15 is 0 Å². The van der Waals surface area contributed by atoms with Gasteiger partial charge in [0.2, 0.25) is 0 Å². The summed E-state index contributed by atoms with van der Waals surface area (Å²) >= 11 is 13.9. The lowest BCUT2D eigenvalue weighted by molar-refractivity contribution is 0.0699. The highest BCUT2D eigenvalue weighted by atomic mass is 35.5. The third kappa shape index (κ3) is 9.29.